The van der Waals surface area contributed by atoms with Gasteiger partial charge in [-0.15, -0.1) is 0 Å². The first kappa shape index (κ1) is 25.2. The summed E-state index contributed by atoms with van der Waals surface area (Å²) in [5.74, 6) is -0.596. The van der Waals surface area contributed by atoms with Gasteiger partial charge >= 0.3 is 0 Å². The predicted molar refractivity (Wildman–Crippen MR) is 99.7 cm³/mol. The zero-order chi connectivity index (χ0) is 19.9. The fourth-order valence-corrected chi connectivity index (χ4v) is 2.99. The second-order valence-corrected chi connectivity index (χ2v) is 6.67. The van der Waals surface area contributed by atoms with E-state index in [-0.39, 0.29) is 31.6 Å². The van der Waals surface area contributed by atoms with Crippen molar-refractivity contribution in [2.45, 2.75) is 70.2 Å². The molecule has 8 heteroatoms. The normalized spacial score (nSPS) is 28.2. The summed E-state index contributed by atoms with van der Waals surface area (Å²) in [6, 6.07) is -0.900. The number of aliphatic hydroxyl groups excluding tert-OH is 4. The Bertz CT molecular complexity index is 357. The summed E-state index contributed by atoms with van der Waals surface area (Å²) in [7, 11) is 1.00. The number of carbonyl (C=O) groups is 1. The Morgan fingerprint density at radius 2 is 1.69 bits per heavy atom. The molecule has 26 heavy (non-hydrogen) atoms. The average molecular weight is 379 g/mol. The van der Waals surface area contributed by atoms with Crippen LogP contribution >= 0.6 is 0 Å². The number of hydrogen-bond donors (Lipinski definition) is 6. The van der Waals surface area contributed by atoms with Crippen molar-refractivity contribution in [1.29, 1.82) is 0 Å². The molecule has 1 aliphatic heterocycles. The topological polar surface area (TPSA) is 131 Å². The van der Waals surface area contributed by atoms with E-state index >= 15 is 0 Å². The van der Waals surface area contributed by atoms with Crippen LogP contribution in [0.25, 0.3) is 0 Å². The van der Waals surface area contributed by atoms with Crippen molar-refractivity contribution < 1.29 is 30.0 Å². The van der Waals surface area contributed by atoms with Crippen molar-refractivity contribution in [3.8, 4) is 0 Å². The van der Waals surface area contributed by atoms with Gasteiger partial charge in [0, 0.05) is 26.2 Å². The third-order valence-electron chi connectivity index (χ3n) is 4.67. The van der Waals surface area contributed by atoms with E-state index in [4.69, 9.17) is 9.84 Å². The van der Waals surface area contributed by atoms with Crippen LogP contribution in [-0.2, 0) is 9.53 Å². The van der Waals surface area contributed by atoms with Crippen LogP contribution in [0.4, 0.5) is 0 Å². The lowest BCUT2D eigenvalue weighted by Crippen LogP contribution is -2.65. The molecule has 0 bridgehead atoms. The zero-order valence-corrected chi connectivity index (χ0v) is 16.4. The van der Waals surface area contributed by atoms with E-state index in [2.05, 4.69) is 17.6 Å². The number of rotatable bonds is 11. The molecule has 1 rings (SSSR count). The van der Waals surface area contributed by atoms with E-state index in [9.17, 15) is 20.1 Å². The molecule has 1 fully saturated rings. The monoisotopic (exact) mass is 378 g/mol. The molecule has 6 N–H and O–H groups in total. The first-order chi connectivity index (χ1) is 12.5. The molecule has 0 aromatic rings. The fraction of sp³-hybridized carbons (Fsp3) is 0.944. The molecule has 1 aliphatic rings. The van der Waals surface area contributed by atoms with E-state index in [1.807, 2.05) is 0 Å². The van der Waals surface area contributed by atoms with Crippen molar-refractivity contribution >= 4 is 5.91 Å². The standard InChI is InChI=1S/C17H34N2O5.CH4O/c1-3-4-5-6-7-8-24-11-15(21)18-9-13-16(22)12(2)17(23)14(10-20)19-13;1-2/h12-14,16-17,19-20,22-23H,3-11H2,1-2H3,(H,18,21);2H,1H3/t12?,13-,14-,16-,17+;/m1./s1. The van der Waals surface area contributed by atoms with Gasteiger partial charge in [-0.25, -0.2) is 0 Å². The SMILES string of the molecule is CCCCCCCOCC(=O)NC[C@H]1N[C@H](CO)[C@@H](O)C(C)[C@H]1O.CO. The third-order valence-corrected chi connectivity index (χ3v) is 4.67. The van der Waals surface area contributed by atoms with Crippen molar-refractivity contribution in [1.82, 2.24) is 10.6 Å². The first-order valence-electron chi connectivity index (χ1n) is 9.53. The molecule has 8 nitrogen and oxygen atoms in total. The van der Waals surface area contributed by atoms with Gasteiger partial charge in [0.15, 0.2) is 0 Å². The summed E-state index contributed by atoms with van der Waals surface area (Å²) in [5.41, 5.74) is 0. The number of aliphatic hydroxyl groups is 4. The van der Waals surface area contributed by atoms with Gasteiger partial charge in [-0.3, -0.25) is 4.79 Å². The number of ether oxygens (including phenoxy) is 1. The number of nitrogens with one attached hydrogen (secondary N) is 2. The lowest BCUT2D eigenvalue weighted by atomic mass is 9.84. The molecule has 5 atom stereocenters. The highest BCUT2D eigenvalue weighted by Gasteiger charge is 2.40. The van der Waals surface area contributed by atoms with E-state index in [1.54, 1.807) is 6.92 Å². The number of carbonyl (C=O) groups excluding carboxylic acids is 1. The molecule has 0 aromatic heterocycles. The highest BCUT2D eigenvalue weighted by Crippen LogP contribution is 2.20. The molecule has 1 amide bonds. The third kappa shape index (κ3) is 9.25. The van der Waals surface area contributed by atoms with Crippen LogP contribution < -0.4 is 10.6 Å². The summed E-state index contributed by atoms with van der Waals surface area (Å²) in [5, 5.41) is 42.1. The van der Waals surface area contributed by atoms with Gasteiger partial charge in [-0.2, -0.15) is 0 Å². The summed E-state index contributed by atoms with van der Waals surface area (Å²) in [6.07, 6.45) is 4.12. The van der Waals surface area contributed by atoms with Crippen LogP contribution in [0.3, 0.4) is 0 Å². The molecule has 0 radical (unpaired) electrons. The minimum Gasteiger partial charge on any atom is -0.400 e. The van der Waals surface area contributed by atoms with Gasteiger partial charge < -0.3 is 35.8 Å². The first-order valence-corrected chi connectivity index (χ1v) is 9.53. The smallest absolute Gasteiger partial charge is 0.246 e. The summed E-state index contributed by atoms with van der Waals surface area (Å²) in [4.78, 5) is 11.8. The molecule has 0 saturated carbocycles. The highest BCUT2D eigenvalue weighted by atomic mass is 16.5. The molecule has 1 unspecified atom stereocenters. The van der Waals surface area contributed by atoms with Crippen LogP contribution in [0, 0.1) is 5.92 Å². The Kier molecular flexibility index (Phi) is 14.9. The molecule has 156 valence electrons. The molecule has 0 aromatic carbocycles. The number of unbranched alkanes of at least 4 members (excludes halogenated alkanes) is 4. The minimum absolute atomic E-state index is 0.0121. The van der Waals surface area contributed by atoms with Crippen LogP contribution in [0.1, 0.15) is 46.0 Å². The Hall–Kier alpha value is -0.770. The Morgan fingerprint density at radius 1 is 1.08 bits per heavy atom. The van der Waals surface area contributed by atoms with E-state index < -0.39 is 24.3 Å². The van der Waals surface area contributed by atoms with Crippen LogP contribution in [0.15, 0.2) is 0 Å². The lowest BCUT2D eigenvalue weighted by Gasteiger charge is -2.42. The zero-order valence-electron chi connectivity index (χ0n) is 16.4. The van der Waals surface area contributed by atoms with E-state index in [0.29, 0.717) is 6.61 Å². The van der Waals surface area contributed by atoms with Gasteiger partial charge in [-0.1, -0.05) is 39.5 Å². The Labute approximate surface area is 156 Å². The highest BCUT2D eigenvalue weighted by molar-refractivity contribution is 5.77. The Balaban J connectivity index is 0.00000301. The minimum atomic E-state index is -0.812. The van der Waals surface area contributed by atoms with E-state index in [0.717, 1.165) is 20.0 Å². The summed E-state index contributed by atoms with van der Waals surface area (Å²) < 4.78 is 5.35. The van der Waals surface area contributed by atoms with Crippen molar-refractivity contribution in [2.75, 3.05) is 33.5 Å². The molecule has 1 saturated heterocycles. The van der Waals surface area contributed by atoms with Crippen LogP contribution in [0.2, 0.25) is 0 Å². The quantitative estimate of drug-likeness (QED) is 0.264. The maximum absolute atomic E-state index is 11.8. The van der Waals surface area contributed by atoms with Crippen LogP contribution in [-0.4, -0.2) is 84.1 Å². The van der Waals surface area contributed by atoms with Gasteiger partial charge in [0.25, 0.3) is 0 Å². The number of amides is 1. The second-order valence-electron chi connectivity index (χ2n) is 6.67. The molecule has 0 spiro atoms. The largest absolute Gasteiger partial charge is 0.400 e. The second kappa shape index (κ2) is 15.3. The fourth-order valence-electron chi connectivity index (χ4n) is 2.99. The number of hydrogen-bond acceptors (Lipinski definition) is 7. The maximum atomic E-state index is 11.8. The molecular formula is C18H38N2O6. The van der Waals surface area contributed by atoms with Gasteiger partial charge in [0.1, 0.15) is 6.61 Å². The van der Waals surface area contributed by atoms with Crippen molar-refractivity contribution in [2.24, 2.45) is 5.92 Å². The van der Waals surface area contributed by atoms with Crippen molar-refractivity contribution in [3.63, 3.8) is 0 Å². The molecular weight excluding hydrogens is 340 g/mol. The van der Waals surface area contributed by atoms with Gasteiger partial charge in [-0.05, 0) is 6.42 Å². The summed E-state index contributed by atoms with van der Waals surface area (Å²) >= 11 is 0. The predicted octanol–water partition coefficient (Wildman–Crippen LogP) is -0.611. The van der Waals surface area contributed by atoms with Gasteiger partial charge in [0.05, 0.1) is 30.9 Å². The molecule has 1 heterocycles. The summed E-state index contributed by atoms with van der Waals surface area (Å²) in [6.45, 7) is 4.51. The molecule has 0 aliphatic carbocycles. The number of piperidine rings is 1. The van der Waals surface area contributed by atoms with E-state index in [1.165, 1.54) is 19.3 Å². The lowest BCUT2D eigenvalue weighted by molar-refractivity contribution is -0.126. The Morgan fingerprint density at radius 3 is 2.31 bits per heavy atom. The average Bonchev–Trinajstić information content (AvgIpc) is 2.66. The maximum Gasteiger partial charge on any atom is 0.246 e. The van der Waals surface area contributed by atoms with Crippen LogP contribution in [0.5, 0.6) is 0 Å². The van der Waals surface area contributed by atoms with Gasteiger partial charge in [0.2, 0.25) is 5.91 Å². The van der Waals surface area contributed by atoms with Crippen molar-refractivity contribution in [3.05, 3.63) is 0 Å².